The first kappa shape index (κ1) is 12.1. The number of aliphatic hydroxyl groups excluding tert-OH is 1. The van der Waals surface area contributed by atoms with Gasteiger partial charge in [0.1, 0.15) is 0 Å². The van der Waals surface area contributed by atoms with Crippen molar-refractivity contribution in [3.8, 4) is 0 Å². The maximum Gasteiger partial charge on any atom is 0.0940 e. The minimum atomic E-state index is -0.313. The molecule has 15 heavy (non-hydrogen) atoms. The standard InChI is InChI=1S/C12H19NO2/c1-4-12(5-2,15-3)10-7-6-8-13-11(10)9-14/h6-8,14H,4-5,9H2,1-3H3. The minimum absolute atomic E-state index is 0.0404. The summed E-state index contributed by atoms with van der Waals surface area (Å²) < 4.78 is 5.61. The van der Waals surface area contributed by atoms with Crippen LogP contribution < -0.4 is 0 Å². The summed E-state index contributed by atoms with van der Waals surface area (Å²) in [5.41, 5.74) is 1.40. The lowest BCUT2D eigenvalue weighted by molar-refractivity contribution is -0.0235. The summed E-state index contributed by atoms with van der Waals surface area (Å²) in [4.78, 5) is 4.18. The van der Waals surface area contributed by atoms with Crippen molar-refractivity contribution in [2.24, 2.45) is 0 Å². The number of nitrogens with zero attached hydrogens (tertiary/aromatic N) is 1. The van der Waals surface area contributed by atoms with Crippen molar-refractivity contribution in [2.75, 3.05) is 7.11 Å². The third-order valence-corrected chi connectivity index (χ3v) is 3.06. The number of methoxy groups -OCH3 is 1. The molecule has 3 nitrogen and oxygen atoms in total. The van der Waals surface area contributed by atoms with E-state index in [2.05, 4.69) is 18.8 Å². The zero-order chi connectivity index (χ0) is 11.3. The highest BCUT2D eigenvalue weighted by atomic mass is 16.5. The summed E-state index contributed by atoms with van der Waals surface area (Å²) >= 11 is 0. The zero-order valence-electron chi connectivity index (χ0n) is 9.66. The second-order valence-corrected chi connectivity index (χ2v) is 3.56. The molecule has 0 saturated carbocycles. The van der Waals surface area contributed by atoms with E-state index in [0.717, 1.165) is 18.4 Å². The van der Waals surface area contributed by atoms with Crippen LogP contribution in [0.5, 0.6) is 0 Å². The Labute approximate surface area is 91.1 Å². The quantitative estimate of drug-likeness (QED) is 0.808. The van der Waals surface area contributed by atoms with Crippen LogP contribution in [-0.2, 0) is 16.9 Å². The minimum Gasteiger partial charge on any atom is -0.390 e. The van der Waals surface area contributed by atoms with Crippen LogP contribution in [0.3, 0.4) is 0 Å². The van der Waals surface area contributed by atoms with Crippen molar-refractivity contribution < 1.29 is 9.84 Å². The smallest absolute Gasteiger partial charge is 0.0940 e. The van der Waals surface area contributed by atoms with E-state index >= 15 is 0 Å². The number of aromatic nitrogens is 1. The molecule has 1 N–H and O–H groups in total. The van der Waals surface area contributed by atoms with Gasteiger partial charge < -0.3 is 9.84 Å². The summed E-state index contributed by atoms with van der Waals surface area (Å²) in [6.45, 7) is 4.13. The predicted molar refractivity (Wildman–Crippen MR) is 59.4 cm³/mol. The molecule has 0 saturated heterocycles. The van der Waals surface area contributed by atoms with E-state index in [-0.39, 0.29) is 12.2 Å². The van der Waals surface area contributed by atoms with Gasteiger partial charge in [0.2, 0.25) is 0 Å². The number of aliphatic hydroxyl groups is 1. The lowest BCUT2D eigenvalue weighted by atomic mass is 9.87. The van der Waals surface area contributed by atoms with E-state index in [4.69, 9.17) is 4.74 Å². The topological polar surface area (TPSA) is 42.4 Å². The lowest BCUT2D eigenvalue weighted by Crippen LogP contribution is -2.28. The van der Waals surface area contributed by atoms with Crippen molar-refractivity contribution in [3.63, 3.8) is 0 Å². The van der Waals surface area contributed by atoms with Gasteiger partial charge in [-0.1, -0.05) is 19.9 Å². The van der Waals surface area contributed by atoms with Gasteiger partial charge in [-0.05, 0) is 18.9 Å². The van der Waals surface area contributed by atoms with Gasteiger partial charge in [0.05, 0.1) is 17.9 Å². The fourth-order valence-electron chi connectivity index (χ4n) is 2.01. The Balaban J connectivity index is 3.21. The molecule has 1 rings (SSSR count). The van der Waals surface area contributed by atoms with E-state index in [1.165, 1.54) is 0 Å². The largest absolute Gasteiger partial charge is 0.390 e. The fraction of sp³-hybridized carbons (Fsp3) is 0.583. The average molecular weight is 209 g/mol. The van der Waals surface area contributed by atoms with Gasteiger partial charge >= 0.3 is 0 Å². The van der Waals surface area contributed by atoms with Crippen molar-refractivity contribution in [1.29, 1.82) is 0 Å². The summed E-state index contributed by atoms with van der Waals surface area (Å²) in [6.07, 6.45) is 3.44. The van der Waals surface area contributed by atoms with E-state index in [9.17, 15) is 5.11 Å². The summed E-state index contributed by atoms with van der Waals surface area (Å²) in [5, 5.41) is 9.25. The highest BCUT2D eigenvalue weighted by Crippen LogP contribution is 2.33. The van der Waals surface area contributed by atoms with Crippen molar-refractivity contribution >= 4 is 0 Å². The van der Waals surface area contributed by atoms with Crippen molar-refractivity contribution in [3.05, 3.63) is 29.6 Å². The Morgan fingerprint density at radius 2 is 2.07 bits per heavy atom. The van der Waals surface area contributed by atoms with E-state index < -0.39 is 0 Å². The van der Waals surface area contributed by atoms with Crippen LogP contribution in [0.1, 0.15) is 37.9 Å². The Hall–Kier alpha value is -0.930. The van der Waals surface area contributed by atoms with Crippen molar-refractivity contribution in [2.45, 2.75) is 38.9 Å². The molecule has 0 aromatic carbocycles. The van der Waals surface area contributed by atoms with Crippen LogP contribution in [0.25, 0.3) is 0 Å². The first-order chi connectivity index (χ1) is 7.24. The summed E-state index contributed by atoms with van der Waals surface area (Å²) in [6, 6.07) is 3.86. The molecule has 0 spiro atoms. The summed E-state index contributed by atoms with van der Waals surface area (Å²) in [7, 11) is 1.71. The lowest BCUT2D eigenvalue weighted by Gasteiger charge is -2.31. The highest BCUT2D eigenvalue weighted by molar-refractivity contribution is 5.26. The van der Waals surface area contributed by atoms with Crippen molar-refractivity contribution in [1.82, 2.24) is 4.98 Å². The first-order valence-corrected chi connectivity index (χ1v) is 5.34. The third-order valence-electron chi connectivity index (χ3n) is 3.06. The van der Waals surface area contributed by atoms with E-state index in [1.54, 1.807) is 13.3 Å². The Bertz CT molecular complexity index is 300. The molecule has 0 aliphatic rings. The zero-order valence-corrected chi connectivity index (χ0v) is 9.66. The second kappa shape index (κ2) is 5.24. The van der Waals surface area contributed by atoms with Crippen LogP contribution in [-0.4, -0.2) is 17.2 Å². The van der Waals surface area contributed by atoms with E-state index in [1.807, 2.05) is 12.1 Å². The SMILES string of the molecule is CCC(CC)(OC)c1cccnc1CO. The molecule has 0 atom stereocenters. The Kier molecular flexibility index (Phi) is 4.24. The average Bonchev–Trinajstić information content (AvgIpc) is 2.33. The maximum absolute atomic E-state index is 9.25. The highest BCUT2D eigenvalue weighted by Gasteiger charge is 2.30. The molecule has 1 aromatic rings. The number of hydrogen-bond donors (Lipinski definition) is 1. The molecule has 0 aliphatic carbocycles. The Morgan fingerprint density at radius 3 is 2.53 bits per heavy atom. The normalized spacial score (nSPS) is 11.7. The molecule has 1 heterocycles. The molecule has 0 bridgehead atoms. The van der Waals surface area contributed by atoms with Crippen LogP contribution in [0.2, 0.25) is 0 Å². The number of pyridine rings is 1. The molecule has 0 aliphatic heterocycles. The van der Waals surface area contributed by atoms with Gasteiger partial charge in [-0.25, -0.2) is 0 Å². The molecular formula is C12H19NO2. The fourth-order valence-corrected chi connectivity index (χ4v) is 2.01. The van der Waals surface area contributed by atoms with Crippen LogP contribution in [0.4, 0.5) is 0 Å². The summed E-state index contributed by atoms with van der Waals surface area (Å²) in [5.74, 6) is 0. The predicted octanol–water partition coefficient (Wildman–Crippen LogP) is 2.24. The second-order valence-electron chi connectivity index (χ2n) is 3.56. The van der Waals surface area contributed by atoms with Gasteiger partial charge in [-0.3, -0.25) is 4.98 Å². The van der Waals surface area contributed by atoms with Gasteiger partial charge in [0.25, 0.3) is 0 Å². The maximum atomic E-state index is 9.25. The molecule has 0 amide bonds. The van der Waals surface area contributed by atoms with Crippen LogP contribution in [0, 0.1) is 0 Å². The molecule has 1 aromatic heterocycles. The first-order valence-electron chi connectivity index (χ1n) is 5.34. The van der Waals surface area contributed by atoms with Gasteiger partial charge in [0, 0.05) is 18.9 Å². The van der Waals surface area contributed by atoms with Crippen LogP contribution in [0.15, 0.2) is 18.3 Å². The van der Waals surface area contributed by atoms with E-state index in [0.29, 0.717) is 5.69 Å². The van der Waals surface area contributed by atoms with Crippen LogP contribution >= 0.6 is 0 Å². The van der Waals surface area contributed by atoms with Gasteiger partial charge in [-0.2, -0.15) is 0 Å². The third kappa shape index (κ3) is 2.19. The molecule has 84 valence electrons. The monoisotopic (exact) mass is 209 g/mol. The number of hydrogen-bond acceptors (Lipinski definition) is 3. The number of ether oxygens (including phenoxy) is 1. The molecular weight excluding hydrogens is 190 g/mol. The molecule has 3 heteroatoms. The molecule has 0 radical (unpaired) electrons. The number of rotatable bonds is 5. The van der Waals surface area contributed by atoms with Gasteiger partial charge in [-0.15, -0.1) is 0 Å². The molecule has 0 fully saturated rings. The Morgan fingerprint density at radius 1 is 1.40 bits per heavy atom. The molecule has 0 unspecified atom stereocenters. The van der Waals surface area contributed by atoms with Gasteiger partial charge in [0.15, 0.2) is 0 Å².